The number of aliphatic imine (C=N–C) groups is 1. The Kier molecular flexibility index (Phi) is 9.97. The lowest BCUT2D eigenvalue weighted by molar-refractivity contribution is -0.129. The summed E-state index contributed by atoms with van der Waals surface area (Å²) in [5.41, 5.74) is 1.02. The van der Waals surface area contributed by atoms with Crippen LogP contribution in [0.5, 0.6) is 0 Å². The molecule has 1 fully saturated rings. The first-order valence-corrected chi connectivity index (χ1v) is 9.31. The van der Waals surface area contributed by atoms with Crippen LogP contribution in [0, 0.1) is 0 Å². The third-order valence-corrected chi connectivity index (χ3v) is 4.82. The molecule has 1 aromatic rings. The summed E-state index contributed by atoms with van der Waals surface area (Å²) in [5.74, 6) is 2.19. The molecule has 0 bridgehead atoms. The Morgan fingerprint density at radius 3 is 2.77 bits per heavy atom. The monoisotopic (exact) mass is 477 g/mol. The van der Waals surface area contributed by atoms with Gasteiger partial charge in [0.25, 0.3) is 0 Å². The first kappa shape index (κ1) is 22.7. The van der Waals surface area contributed by atoms with Gasteiger partial charge in [-0.1, -0.05) is 25.9 Å². The van der Waals surface area contributed by atoms with Gasteiger partial charge >= 0.3 is 0 Å². The highest BCUT2D eigenvalue weighted by Gasteiger charge is 2.25. The average molecular weight is 477 g/mol. The van der Waals surface area contributed by atoms with Gasteiger partial charge in [-0.05, 0) is 19.3 Å². The average Bonchev–Trinajstić information content (AvgIpc) is 3.28. The maximum Gasteiger partial charge on any atom is 0.222 e. The molecule has 1 unspecified atom stereocenters. The number of hydrogen-bond donors (Lipinski definition) is 2. The second-order valence-corrected chi connectivity index (χ2v) is 6.48. The van der Waals surface area contributed by atoms with Crippen LogP contribution in [0.15, 0.2) is 15.6 Å². The van der Waals surface area contributed by atoms with E-state index in [1.165, 1.54) is 0 Å². The summed E-state index contributed by atoms with van der Waals surface area (Å²) >= 11 is 0. The summed E-state index contributed by atoms with van der Waals surface area (Å²) in [6.07, 6.45) is 3.62. The second-order valence-electron chi connectivity index (χ2n) is 6.48. The Labute approximate surface area is 173 Å². The Morgan fingerprint density at radius 1 is 1.42 bits per heavy atom. The number of carbonyl (C=O) groups excluding carboxylic acids is 1. The van der Waals surface area contributed by atoms with Crippen molar-refractivity contribution in [3.8, 4) is 0 Å². The number of hydrogen-bond acceptors (Lipinski definition) is 4. The Hall–Kier alpha value is -1.32. The van der Waals surface area contributed by atoms with E-state index in [0.29, 0.717) is 18.9 Å². The minimum absolute atomic E-state index is 0. The molecule has 1 amide bonds. The number of rotatable bonds is 7. The number of likely N-dealkylation sites (tertiary alicyclic amines) is 1. The number of nitrogens with zero attached hydrogens (tertiary/aromatic N) is 3. The van der Waals surface area contributed by atoms with E-state index in [-0.39, 0.29) is 35.9 Å². The van der Waals surface area contributed by atoms with Crippen LogP contribution in [0.25, 0.3) is 0 Å². The van der Waals surface area contributed by atoms with Gasteiger partial charge in [-0.3, -0.25) is 9.79 Å². The van der Waals surface area contributed by atoms with Gasteiger partial charge in [0.1, 0.15) is 0 Å². The molecule has 2 rings (SSSR count). The highest BCUT2D eigenvalue weighted by atomic mass is 127. The van der Waals surface area contributed by atoms with Crippen LogP contribution in [0.1, 0.15) is 63.8 Å². The molecular formula is C18H32IN5O2. The van der Waals surface area contributed by atoms with Crippen LogP contribution in [0.3, 0.4) is 0 Å². The third kappa shape index (κ3) is 6.14. The van der Waals surface area contributed by atoms with Crippen molar-refractivity contribution in [2.24, 2.45) is 4.99 Å². The Balaban J connectivity index is 0.00000338. The minimum Gasteiger partial charge on any atom is -0.359 e. The first-order valence-electron chi connectivity index (χ1n) is 9.31. The van der Waals surface area contributed by atoms with Crippen molar-refractivity contribution >= 4 is 35.8 Å². The molecular weight excluding hydrogens is 445 g/mol. The molecule has 0 saturated carbocycles. The minimum atomic E-state index is 0. The Bertz CT molecular complexity index is 586. The number of aromatic nitrogens is 1. The molecule has 0 radical (unpaired) electrons. The topological polar surface area (TPSA) is 82.8 Å². The van der Waals surface area contributed by atoms with Crippen molar-refractivity contribution < 1.29 is 9.32 Å². The fraction of sp³-hybridized carbons (Fsp3) is 0.722. The molecule has 2 N–H and O–H groups in total. The standard InChI is InChI=1S/C18H31N5O2.HI/c1-5-13(6-2)16-10-15(25-22-16)11-20-18(19-4)21-14-8-9-23(12-14)17(24)7-3;/h10,13-14H,5-9,11-12H2,1-4H3,(H2,19,20,21);1H. The Morgan fingerprint density at radius 2 is 2.15 bits per heavy atom. The zero-order chi connectivity index (χ0) is 18.2. The molecule has 2 heterocycles. The highest BCUT2D eigenvalue weighted by Crippen LogP contribution is 2.22. The van der Waals surface area contributed by atoms with Crippen LogP contribution in [0.4, 0.5) is 0 Å². The molecule has 7 nitrogen and oxygen atoms in total. The fourth-order valence-corrected chi connectivity index (χ4v) is 3.20. The number of halogens is 1. The van der Waals surface area contributed by atoms with E-state index < -0.39 is 0 Å². The zero-order valence-electron chi connectivity index (χ0n) is 16.2. The molecule has 26 heavy (non-hydrogen) atoms. The van der Waals surface area contributed by atoms with Gasteiger partial charge < -0.3 is 20.1 Å². The lowest BCUT2D eigenvalue weighted by Gasteiger charge is -2.18. The SMILES string of the molecule is CCC(=O)N1CCC(NC(=NC)NCc2cc(C(CC)CC)no2)C1.I. The van der Waals surface area contributed by atoms with Crippen molar-refractivity contribution in [3.05, 3.63) is 17.5 Å². The van der Waals surface area contributed by atoms with Gasteiger partial charge in [-0.15, -0.1) is 24.0 Å². The predicted molar refractivity (Wildman–Crippen MR) is 114 cm³/mol. The zero-order valence-corrected chi connectivity index (χ0v) is 18.6. The summed E-state index contributed by atoms with van der Waals surface area (Å²) in [7, 11) is 1.75. The lowest BCUT2D eigenvalue weighted by atomic mass is 9.99. The van der Waals surface area contributed by atoms with E-state index in [0.717, 1.165) is 49.8 Å². The van der Waals surface area contributed by atoms with Gasteiger partial charge in [0.2, 0.25) is 5.91 Å². The van der Waals surface area contributed by atoms with Gasteiger partial charge in [0.15, 0.2) is 11.7 Å². The van der Waals surface area contributed by atoms with E-state index in [9.17, 15) is 4.79 Å². The highest BCUT2D eigenvalue weighted by molar-refractivity contribution is 14.0. The van der Waals surface area contributed by atoms with E-state index in [1.54, 1.807) is 7.05 Å². The van der Waals surface area contributed by atoms with Crippen LogP contribution in [0.2, 0.25) is 0 Å². The van der Waals surface area contributed by atoms with Gasteiger partial charge in [-0.25, -0.2) is 0 Å². The number of amides is 1. The lowest BCUT2D eigenvalue weighted by Crippen LogP contribution is -2.44. The number of nitrogens with one attached hydrogen (secondary N) is 2. The largest absolute Gasteiger partial charge is 0.359 e. The van der Waals surface area contributed by atoms with E-state index in [2.05, 4.69) is 34.6 Å². The molecule has 1 aliphatic heterocycles. The molecule has 148 valence electrons. The maximum absolute atomic E-state index is 11.8. The maximum atomic E-state index is 11.8. The van der Waals surface area contributed by atoms with Crippen molar-refractivity contribution in [1.82, 2.24) is 20.7 Å². The van der Waals surface area contributed by atoms with Crippen molar-refractivity contribution in [2.45, 2.75) is 65.0 Å². The van der Waals surface area contributed by atoms with E-state index in [1.807, 2.05) is 17.9 Å². The van der Waals surface area contributed by atoms with Gasteiger partial charge in [-0.2, -0.15) is 0 Å². The predicted octanol–water partition coefficient (Wildman–Crippen LogP) is 2.87. The van der Waals surface area contributed by atoms with Crippen LogP contribution in [-0.4, -0.2) is 48.1 Å². The quantitative estimate of drug-likeness (QED) is 0.359. The molecule has 1 atom stereocenters. The molecule has 0 aromatic carbocycles. The molecule has 0 spiro atoms. The van der Waals surface area contributed by atoms with E-state index >= 15 is 0 Å². The summed E-state index contributed by atoms with van der Waals surface area (Å²) in [5, 5.41) is 10.8. The van der Waals surface area contributed by atoms with Crippen LogP contribution >= 0.6 is 24.0 Å². The summed E-state index contributed by atoms with van der Waals surface area (Å²) < 4.78 is 5.43. The number of guanidine groups is 1. The van der Waals surface area contributed by atoms with Crippen LogP contribution < -0.4 is 10.6 Å². The van der Waals surface area contributed by atoms with Crippen molar-refractivity contribution in [2.75, 3.05) is 20.1 Å². The molecule has 8 heteroatoms. The van der Waals surface area contributed by atoms with Crippen molar-refractivity contribution in [3.63, 3.8) is 0 Å². The summed E-state index contributed by atoms with van der Waals surface area (Å²) in [4.78, 5) is 17.9. The summed E-state index contributed by atoms with van der Waals surface area (Å²) in [6.45, 7) is 8.31. The molecule has 1 aliphatic rings. The van der Waals surface area contributed by atoms with Crippen molar-refractivity contribution in [1.29, 1.82) is 0 Å². The second kappa shape index (κ2) is 11.4. The molecule has 1 aromatic heterocycles. The molecule has 1 saturated heterocycles. The van der Waals surface area contributed by atoms with Gasteiger partial charge in [0, 0.05) is 44.6 Å². The first-order chi connectivity index (χ1) is 12.1. The summed E-state index contributed by atoms with van der Waals surface area (Å²) in [6, 6.07) is 2.26. The van der Waals surface area contributed by atoms with E-state index in [4.69, 9.17) is 4.52 Å². The fourth-order valence-electron chi connectivity index (χ4n) is 3.20. The normalized spacial score (nSPS) is 17.3. The molecule has 0 aliphatic carbocycles. The number of carbonyl (C=O) groups is 1. The van der Waals surface area contributed by atoms with Crippen LogP contribution in [-0.2, 0) is 11.3 Å². The van der Waals surface area contributed by atoms with Gasteiger partial charge in [0.05, 0.1) is 12.2 Å². The third-order valence-electron chi connectivity index (χ3n) is 4.82. The smallest absolute Gasteiger partial charge is 0.222 e.